The molecule has 0 aliphatic carbocycles. The maximum absolute atomic E-state index is 12.6. The van der Waals surface area contributed by atoms with Gasteiger partial charge in [-0.1, -0.05) is 26.0 Å². The Morgan fingerprint density at radius 3 is 2.24 bits per heavy atom. The van der Waals surface area contributed by atoms with Crippen molar-refractivity contribution in [2.24, 2.45) is 5.92 Å². The van der Waals surface area contributed by atoms with Crippen molar-refractivity contribution in [3.8, 4) is 11.3 Å². The van der Waals surface area contributed by atoms with Crippen LogP contribution in [-0.2, 0) is 22.9 Å². The Balaban J connectivity index is 2.54. The number of rotatable bonds is 6. The zero-order valence-corrected chi connectivity index (χ0v) is 16.2. The molecule has 0 unspecified atom stereocenters. The molecule has 6 nitrogen and oxygen atoms in total. The van der Waals surface area contributed by atoms with E-state index in [1.165, 1.54) is 10.9 Å². The molecule has 0 saturated carbocycles. The quantitative estimate of drug-likeness (QED) is 0.785. The van der Waals surface area contributed by atoms with Crippen LogP contribution >= 0.6 is 0 Å². The van der Waals surface area contributed by atoms with Gasteiger partial charge in [0.1, 0.15) is 0 Å². The van der Waals surface area contributed by atoms with E-state index in [0.29, 0.717) is 30.3 Å². The first-order valence-corrected chi connectivity index (χ1v) is 10.0. The van der Waals surface area contributed by atoms with Gasteiger partial charge in [0.15, 0.2) is 9.84 Å². The van der Waals surface area contributed by atoms with E-state index >= 15 is 0 Å². The van der Waals surface area contributed by atoms with E-state index in [1.807, 2.05) is 32.8 Å². The summed E-state index contributed by atoms with van der Waals surface area (Å²) in [6.45, 7) is 5.13. The number of aromatic nitrogens is 2. The topological polar surface area (TPSA) is 72.3 Å². The number of sulfone groups is 1. The summed E-state index contributed by atoms with van der Waals surface area (Å²) in [5.41, 5.74) is 2.03. The fourth-order valence-electron chi connectivity index (χ4n) is 2.53. The Morgan fingerprint density at radius 1 is 1.16 bits per heavy atom. The van der Waals surface area contributed by atoms with Crippen molar-refractivity contribution < 1.29 is 8.42 Å². The smallest absolute Gasteiger partial charge is 0.271 e. The number of hydrogen-bond acceptors (Lipinski definition) is 5. The molecule has 136 valence electrons. The summed E-state index contributed by atoms with van der Waals surface area (Å²) in [4.78, 5) is 14.8. The molecular formula is C18H25N3O3S. The second-order valence-corrected chi connectivity index (χ2v) is 8.99. The number of hydrogen-bond donors (Lipinski definition) is 0. The predicted octanol–water partition coefficient (Wildman–Crippen LogP) is 2.03. The SMILES string of the molecule is CC(C)Cn1nc(-c2ccc(S(C)(=O)=O)cc2)cc(CN(C)C)c1=O. The minimum Gasteiger partial charge on any atom is -0.305 e. The Labute approximate surface area is 149 Å². The van der Waals surface area contributed by atoms with Gasteiger partial charge in [0.05, 0.1) is 10.6 Å². The van der Waals surface area contributed by atoms with E-state index in [2.05, 4.69) is 5.10 Å². The largest absolute Gasteiger partial charge is 0.305 e. The van der Waals surface area contributed by atoms with Gasteiger partial charge in [-0.05, 0) is 38.2 Å². The van der Waals surface area contributed by atoms with E-state index in [9.17, 15) is 13.2 Å². The Bertz CT molecular complexity index is 864. The van der Waals surface area contributed by atoms with Gasteiger partial charge in [0, 0.05) is 30.5 Å². The van der Waals surface area contributed by atoms with Crippen LogP contribution in [0.25, 0.3) is 11.3 Å². The lowest BCUT2D eigenvalue weighted by Gasteiger charge is -2.15. The molecule has 0 radical (unpaired) electrons. The molecule has 0 N–H and O–H groups in total. The van der Waals surface area contributed by atoms with Gasteiger partial charge in [-0.2, -0.15) is 5.10 Å². The lowest BCUT2D eigenvalue weighted by molar-refractivity contribution is 0.392. The van der Waals surface area contributed by atoms with E-state index in [1.54, 1.807) is 30.3 Å². The van der Waals surface area contributed by atoms with Crippen molar-refractivity contribution in [1.82, 2.24) is 14.7 Å². The molecule has 0 saturated heterocycles. The normalized spacial score (nSPS) is 12.1. The van der Waals surface area contributed by atoms with Crippen molar-refractivity contribution in [2.45, 2.75) is 31.8 Å². The molecule has 0 aliphatic heterocycles. The van der Waals surface area contributed by atoms with Gasteiger partial charge in [-0.3, -0.25) is 4.79 Å². The van der Waals surface area contributed by atoms with Gasteiger partial charge in [-0.15, -0.1) is 0 Å². The Morgan fingerprint density at radius 2 is 1.76 bits per heavy atom. The Kier molecular flexibility index (Phi) is 5.80. The highest BCUT2D eigenvalue weighted by Gasteiger charge is 2.13. The third kappa shape index (κ3) is 4.99. The molecule has 2 rings (SSSR count). The molecule has 0 atom stereocenters. The minimum atomic E-state index is -3.24. The average molecular weight is 363 g/mol. The summed E-state index contributed by atoms with van der Waals surface area (Å²) in [5, 5.41) is 4.48. The molecule has 0 spiro atoms. The molecule has 1 aromatic heterocycles. The maximum Gasteiger partial charge on any atom is 0.271 e. The molecule has 2 aromatic rings. The van der Waals surface area contributed by atoms with Crippen LogP contribution in [0.5, 0.6) is 0 Å². The molecule has 7 heteroatoms. The van der Waals surface area contributed by atoms with Crippen LogP contribution in [-0.4, -0.2) is 43.4 Å². The standard InChI is InChI=1S/C18H25N3O3S/c1-13(2)11-21-18(22)15(12-20(3)4)10-17(19-21)14-6-8-16(9-7-14)25(5,23)24/h6-10,13H,11-12H2,1-5H3. The van der Waals surface area contributed by atoms with Gasteiger partial charge in [0.25, 0.3) is 5.56 Å². The third-order valence-corrected chi connectivity index (χ3v) is 4.78. The monoisotopic (exact) mass is 363 g/mol. The van der Waals surface area contributed by atoms with Gasteiger partial charge < -0.3 is 4.90 Å². The summed E-state index contributed by atoms with van der Waals surface area (Å²) >= 11 is 0. The van der Waals surface area contributed by atoms with Crippen LogP contribution < -0.4 is 5.56 Å². The van der Waals surface area contributed by atoms with Crippen LogP contribution in [0.4, 0.5) is 0 Å². The van der Waals surface area contributed by atoms with Crippen molar-refractivity contribution in [3.63, 3.8) is 0 Å². The van der Waals surface area contributed by atoms with E-state index in [4.69, 9.17) is 0 Å². The van der Waals surface area contributed by atoms with Crippen molar-refractivity contribution in [1.29, 1.82) is 0 Å². The summed E-state index contributed by atoms with van der Waals surface area (Å²) in [7, 11) is 0.581. The number of benzene rings is 1. The first kappa shape index (κ1) is 19.3. The predicted molar refractivity (Wildman–Crippen MR) is 99.3 cm³/mol. The van der Waals surface area contributed by atoms with Crippen LogP contribution in [0.15, 0.2) is 40.0 Å². The van der Waals surface area contributed by atoms with E-state index in [-0.39, 0.29) is 10.5 Å². The Hall–Kier alpha value is -1.99. The van der Waals surface area contributed by atoms with Gasteiger partial charge >= 0.3 is 0 Å². The molecule has 1 aromatic carbocycles. The first-order valence-electron chi connectivity index (χ1n) is 8.14. The number of nitrogens with zero attached hydrogens (tertiary/aromatic N) is 3. The highest BCUT2D eigenvalue weighted by molar-refractivity contribution is 7.90. The first-order chi connectivity index (χ1) is 11.6. The summed E-state index contributed by atoms with van der Waals surface area (Å²) < 4.78 is 24.7. The van der Waals surface area contributed by atoms with Gasteiger partial charge in [0.2, 0.25) is 0 Å². The van der Waals surface area contributed by atoms with Crippen molar-refractivity contribution >= 4 is 9.84 Å². The second-order valence-electron chi connectivity index (χ2n) is 6.97. The molecule has 0 aliphatic rings. The van der Waals surface area contributed by atoms with Crippen molar-refractivity contribution in [3.05, 3.63) is 46.2 Å². The van der Waals surface area contributed by atoms with E-state index < -0.39 is 9.84 Å². The zero-order chi connectivity index (χ0) is 18.8. The summed E-state index contributed by atoms with van der Waals surface area (Å²) in [6, 6.07) is 8.37. The summed E-state index contributed by atoms with van der Waals surface area (Å²) in [6.07, 6.45) is 1.18. The lowest BCUT2D eigenvalue weighted by Crippen LogP contribution is -2.30. The molecule has 1 heterocycles. The fraction of sp³-hybridized carbons (Fsp3) is 0.444. The highest BCUT2D eigenvalue weighted by atomic mass is 32.2. The van der Waals surface area contributed by atoms with Crippen LogP contribution in [0, 0.1) is 5.92 Å². The van der Waals surface area contributed by atoms with Crippen molar-refractivity contribution in [2.75, 3.05) is 20.4 Å². The molecule has 0 bridgehead atoms. The van der Waals surface area contributed by atoms with Crippen LogP contribution in [0.3, 0.4) is 0 Å². The third-order valence-electron chi connectivity index (χ3n) is 3.65. The minimum absolute atomic E-state index is 0.0843. The zero-order valence-electron chi connectivity index (χ0n) is 15.4. The molecule has 0 amide bonds. The molecule has 0 fully saturated rings. The second kappa shape index (κ2) is 7.49. The molecular weight excluding hydrogens is 338 g/mol. The van der Waals surface area contributed by atoms with Crippen LogP contribution in [0.2, 0.25) is 0 Å². The van der Waals surface area contributed by atoms with E-state index in [0.717, 1.165) is 5.56 Å². The highest BCUT2D eigenvalue weighted by Crippen LogP contribution is 2.20. The lowest BCUT2D eigenvalue weighted by atomic mass is 10.1. The fourth-order valence-corrected chi connectivity index (χ4v) is 3.16. The molecule has 25 heavy (non-hydrogen) atoms. The maximum atomic E-state index is 12.6. The summed E-state index contributed by atoms with van der Waals surface area (Å²) in [5.74, 6) is 0.292. The average Bonchev–Trinajstić information content (AvgIpc) is 2.49. The van der Waals surface area contributed by atoms with Crippen LogP contribution in [0.1, 0.15) is 19.4 Å². The van der Waals surface area contributed by atoms with Gasteiger partial charge in [-0.25, -0.2) is 13.1 Å².